The van der Waals surface area contributed by atoms with Gasteiger partial charge in [0, 0.05) is 6.54 Å². The summed E-state index contributed by atoms with van der Waals surface area (Å²) in [5.74, 6) is 0. The SMILES string of the molecule is CCCCCCCCCCCCN1C[C@@H](C)OC1=S. The van der Waals surface area contributed by atoms with Crippen molar-refractivity contribution >= 4 is 17.4 Å². The molecule has 0 aromatic rings. The van der Waals surface area contributed by atoms with Crippen LogP contribution in [-0.2, 0) is 4.74 Å². The van der Waals surface area contributed by atoms with Crippen molar-refractivity contribution in [1.82, 2.24) is 4.90 Å². The molecule has 0 saturated carbocycles. The molecule has 19 heavy (non-hydrogen) atoms. The van der Waals surface area contributed by atoms with Crippen molar-refractivity contribution < 1.29 is 4.74 Å². The molecule has 2 nitrogen and oxygen atoms in total. The number of rotatable bonds is 11. The molecule has 3 heteroatoms. The zero-order valence-electron chi connectivity index (χ0n) is 12.8. The molecule has 0 spiro atoms. The zero-order chi connectivity index (χ0) is 13.9. The van der Waals surface area contributed by atoms with Crippen LogP contribution in [0.3, 0.4) is 0 Å². The molecule has 1 fully saturated rings. The molecule has 0 radical (unpaired) electrons. The van der Waals surface area contributed by atoms with Gasteiger partial charge in [-0.25, -0.2) is 0 Å². The van der Waals surface area contributed by atoms with E-state index in [4.69, 9.17) is 17.0 Å². The number of hydrogen-bond acceptors (Lipinski definition) is 2. The lowest BCUT2D eigenvalue weighted by molar-refractivity contribution is 0.256. The minimum atomic E-state index is 0.288. The van der Waals surface area contributed by atoms with Crippen LogP contribution >= 0.6 is 12.2 Å². The van der Waals surface area contributed by atoms with Gasteiger partial charge in [-0.15, -0.1) is 0 Å². The summed E-state index contributed by atoms with van der Waals surface area (Å²) >= 11 is 5.19. The third kappa shape index (κ3) is 7.76. The van der Waals surface area contributed by atoms with E-state index in [1.807, 2.05) is 0 Å². The summed E-state index contributed by atoms with van der Waals surface area (Å²) in [5, 5.41) is 0.712. The second kappa shape index (κ2) is 10.5. The second-order valence-corrected chi connectivity index (χ2v) is 6.17. The lowest BCUT2D eigenvalue weighted by Gasteiger charge is -2.14. The highest BCUT2D eigenvalue weighted by molar-refractivity contribution is 7.80. The molecule has 0 unspecified atom stereocenters. The van der Waals surface area contributed by atoms with Gasteiger partial charge in [0.15, 0.2) is 0 Å². The summed E-state index contributed by atoms with van der Waals surface area (Å²) in [4.78, 5) is 2.21. The van der Waals surface area contributed by atoms with Gasteiger partial charge in [0.05, 0.1) is 6.54 Å². The Morgan fingerprint density at radius 1 is 1.00 bits per heavy atom. The number of thiocarbonyl (C=S) groups is 1. The van der Waals surface area contributed by atoms with Gasteiger partial charge >= 0.3 is 0 Å². The molecule has 1 rings (SSSR count). The van der Waals surface area contributed by atoms with Gasteiger partial charge in [-0.2, -0.15) is 0 Å². The van der Waals surface area contributed by atoms with Crippen LogP contribution < -0.4 is 0 Å². The van der Waals surface area contributed by atoms with Crippen molar-refractivity contribution in [2.24, 2.45) is 0 Å². The van der Waals surface area contributed by atoms with Crippen molar-refractivity contribution in [2.75, 3.05) is 13.1 Å². The molecule has 0 aromatic carbocycles. The number of nitrogens with zero attached hydrogens (tertiary/aromatic N) is 1. The van der Waals surface area contributed by atoms with E-state index in [0.717, 1.165) is 13.1 Å². The third-order valence-corrected chi connectivity index (χ3v) is 4.17. The first kappa shape index (κ1) is 16.7. The fraction of sp³-hybridized carbons (Fsp3) is 0.938. The molecule has 112 valence electrons. The molecular weight excluding hydrogens is 254 g/mol. The van der Waals surface area contributed by atoms with Gasteiger partial charge in [-0.3, -0.25) is 0 Å². The normalized spacial score (nSPS) is 18.9. The third-order valence-electron chi connectivity index (χ3n) is 3.82. The van der Waals surface area contributed by atoms with Gasteiger partial charge in [0.2, 0.25) is 0 Å². The van der Waals surface area contributed by atoms with E-state index < -0.39 is 0 Å². The Morgan fingerprint density at radius 3 is 2.00 bits per heavy atom. The van der Waals surface area contributed by atoms with Gasteiger partial charge in [0.25, 0.3) is 5.17 Å². The second-order valence-electron chi connectivity index (χ2n) is 5.82. The van der Waals surface area contributed by atoms with Crippen LogP contribution in [0.2, 0.25) is 0 Å². The first-order chi connectivity index (χ1) is 9.24. The summed E-state index contributed by atoms with van der Waals surface area (Å²) in [6, 6.07) is 0. The quantitative estimate of drug-likeness (QED) is 0.395. The minimum absolute atomic E-state index is 0.288. The molecule has 0 N–H and O–H groups in total. The van der Waals surface area contributed by atoms with Crippen molar-refractivity contribution in [3.63, 3.8) is 0 Å². The van der Waals surface area contributed by atoms with Gasteiger partial charge in [-0.05, 0) is 25.6 Å². The first-order valence-corrected chi connectivity index (χ1v) is 8.60. The highest BCUT2D eigenvalue weighted by atomic mass is 32.1. The maximum atomic E-state index is 5.47. The number of ether oxygens (including phenoxy) is 1. The molecule has 0 bridgehead atoms. The van der Waals surface area contributed by atoms with Gasteiger partial charge < -0.3 is 9.64 Å². The van der Waals surface area contributed by atoms with Crippen molar-refractivity contribution in [1.29, 1.82) is 0 Å². The molecule has 0 aliphatic carbocycles. The predicted octanol–water partition coefficient (Wildman–Crippen LogP) is 4.91. The maximum Gasteiger partial charge on any atom is 0.259 e. The fourth-order valence-corrected chi connectivity index (χ4v) is 2.97. The molecule has 1 heterocycles. The van der Waals surface area contributed by atoms with E-state index in [1.54, 1.807) is 0 Å². The molecule has 1 aliphatic heterocycles. The Morgan fingerprint density at radius 2 is 1.53 bits per heavy atom. The predicted molar refractivity (Wildman–Crippen MR) is 86.6 cm³/mol. The minimum Gasteiger partial charge on any atom is -0.466 e. The van der Waals surface area contributed by atoms with E-state index in [9.17, 15) is 0 Å². The zero-order valence-corrected chi connectivity index (χ0v) is 13.6. The smallest absolute Gasteiger partial charge is 0.259 e. The molecule has 1 aliphatic rings. The standard InChI is InChI=1S/C16H31NOS/c1-3-4-5-6-7-8-9-10-11-12-13-17-14-15(2)18-16(17)19/h15H,3-14H2,1-2H3/t15-/m1/s1. The summed E-state index contributed by atoms with van der Waals surface area (Å²) in [7, 11) is 0. The Labute approximate surface area is 124 Å². The lowest BCUT2D eigenvalue weighted by Crippen LogP contribution is -2.25. The maximum absolute atomic E-state index is 5.47. The number of hydrogen-bond donors (Lipinski definition) is 0. The van der Waals surface area contributed by atoms with Crippen molar-refractivity contribution in [3.05, 3.63) is 0 Å². The van der Waals surface area contributed by atoms with Crippen LogP contribution in [0.4, 0.5) is 0 Å². The Hall–Kier alpha value is -0.310. The van der Waals surface area contributed by atoms with Crippen LogP contribution in [0.1, 0.15) is 78.1 Å². The Bertz CT molecular complexity index is 245. The Balaban J connectivity index is 1.82. The van der Waals surface area contributed by atoms with Crippen LogP contribution in [0.5, 0.6) is 0 Å². The highest BCUT2D eigenvalue weighted by Gasteiger charge is 2.23. The van der Waals surface area contributed by atoms with E-state index in [1.165, 1.54) is 64.2 Å². The number of unbranched alkanes of at least 4 members (excludes halogenated alkanes) is 9. The molecule has 0 amide bonds. The van der Waals surface area contributed by atoms with E-state index in [2.05, 4.69) is 18.7 Å². The largest absolute Gasteiger partial charge is 0.466 e. The Kier molecular flexibility index (Phi) is 9.23. The molecular formula is C16H31NOS. The van der Waals surface area contributed by atoms with Crippen molar-refractivity contribution in [3.8, 4) is 0 Å². The van der Waals surface area contributed by atoms with E-state index in [0.29, 0.717) is 5.17 Å². The molecule has 1 atom stereocenters. The summed E-state index contributed by atoms with van der Waals surface area (Å²) in [6.45, 7) is 6.43. The fourth-order valence-electron chi connectivity index (χ4n) is 2.64. The highest BCUT2D eigenvalue weighted by Crippen LogP contribution is 2.14. The van der Waals surface area contributed by atoms with Crippen LogP contribution in [0.25, 0.3) is 0 Å². The first-order valence-electron chi connectivity index (χ1n) is 8.19. The average molecular weight is 285 g/mol. The monoisotopic (exact) mass is 285 g/mol. The summed E-state index contributed by atoms with van der Waals surface area (Å²) in [6.07, 6.45) is 14.1. The molecule has 1 saturated heterocycles. The van der Waals surface area contributed by atoms with Gasteiger partial charge in [0.1, 0.15) is 6.10 Å². The lowest BCUT2D eigenvalue weighted by atomic mass is 10.1. The summed E-state index contributed by atoms with van der Waals surface area (Å²) < 4.78 is 5.47. The van der Waals surface area contributed by atoms with Gasteiger partial charge in [-0.1, -0.05) is 64.7 Å². The van der Waals surface area contributed by atoms with E-state index in [-0.39, 0.29) is 6.10 Å². The topological polar surface area (TPSA) is 12.5 Å². The van der Waals surface area contributed by atoms with Crippen molar-refractivity contribution in [2.45, 2.75) is 84.2 Å². The van der Waals surface area contributed by atoms with Crippen LogP contribution in [0.15, 0.2) is 0 Å². The average Bonchev–Trinajstić information content (AvgIpc) is 2.70. The molecule has 0 aromatic heterocycles. The van der Waals surface area contributed by atoms with E-state index >= 15 is 0 Å². The summed E-state index contributed by atoms with van der Waals surface area (Å²) in [5.41, 5.74) is 0. The van der Waals surface area contributed by atoms with Crippen LogP contribution in [-0.4, -0.2) is 29.3 Å². The van der Waals surface area contributed by atoms with Crippen LogP contribution in [0, 0.1) is 0 Å².